The molecule has 0 aliphatic heterocycles. The van der Waals surface area contributed by atoms with Crippen molar-refractivity contribution < 1.29 is 9.53 Å². The number of benzene rings is 2. The molecule has 0 aliphatic rings. The summed E-state index contributed by atoms with van der Waals surface area (Å²) in [7, 11) is 0. The van der Waals surface area contributed by atoms with Crippen molar-refractivity contribution in [3.63, 3.8) is 0 Å². The molecule has 0 saturated heterocycles. The van der Waals surface area contributed by atoms with Gasteiger partial charge < -0.3 is 15.8 Å². The van der Waals surface area contributed by atoms with Crippen molar-refractivity contribution >= 4 is 73.1 Å². The quantitative estimate of drug-likeness (QED) is 0.609. The topological polar surface area (TPSA) is 77.2 Å². The Labute approximate surface area is 162 Å². The number of nitrogens with zero attached hydrogens (tertiary/aromatic N) is 1. The van der Waals surface area contributed by atoms with Gasteiger partial charge in [0.2, 0.25) is 0 Å². The van der Waals surface area contributed by atoms with Gasteiger partial charge in [-0.15, -0.1) is 0 Å². The first-order valence-corrected chi connectivity index (χ1v) is 9.06. The summed E-state index contributed by atoms with van der Waals surface area (Å²) in [6, 6.07) is 8.16. The summed E-state index contributed by atoms with van der Waals surface area (Å²) in [4.78, 5) is 16.5. The van der Waals surface area contributed by atoms with Crippen LogP contribution in [0.2, 0.25) is 15.1 Å². The van der Waals surface area contributed by atoms with Gasteiger partial charge in [-0.3, -0.25) is 4.79 Å². The Kier molecular flexibility index (Phi) is 5.24. The highest BCUT2D eigenvalue weighted by Gasteiger charge is 2.18. The summed E-state index contributed by atoms with van der Waals surface area (Å²) >= 11 is 19.4. The van der Waals surface area contributed by atoms with Gasteiger partial charge >= 0.3 is 0 Å². The summed E-state index contributed by atoms with van der Waals surface area (Å²) in [5.41, 5.74) is 6.83. The highest BCUT2D eigenvalue weighted by atomic mass is 35.5. The summed E-state index contributed by atoms with van der Waals surface area (Å²) in [5.74, 6) is 0.0244. The molecular formula is C16H12Cl3N3O2S. The Morgan fingerprint density at radius 1 is 1.24 bits per heavy atom. The van der Waals surface area contributed by atoms with E-state index in [4.69, 9.17) is 45.3 Å². The zero-order chi connectivity index (χ0) is 18.1. The van der Waals surface area contributed by atoms with Crippen LogP contribution >= 0.6 is 46.1 Å². The summed E-state index contributed by atoms with van der Waals surface area (Å²) in [6.07, 6.45) is -0.778. The Balaban J connectivity index is 1.75. The number of halogens is 3. The SMILES string of the molecule is CC(Oc1ccc(Cl)cc1Cl)C(=O)Nc1cc(Cl)c2nc(N)sc2c1. The molecule has 0 bridgehead atoms. The smallest absolute Gasteiger partial charge is 0.265 e. The maximum atomic E-state index is 12.4. The molecule has 0 saturated carbocycles. The molecule has 3 rings (SSSR count). The standard InChI is InChI=1S/C16H12Cl3N3O2S/c1-7(24-12-3-2-8(17)4-10(12)18)15(23)21-9-5-11(19)14-13(6-9)25-16(20)22-14/h2-7H,1H3,(H2,20,22)(H,21,23). The van der Waals surface area contributed by atoms with Crippen LogP contribution in [0.1, 0.15) is 6.92 Å². The number of carbonyl (C=O) groups excluding carboxylic acids is 1. The molecule has 0 spiro atoms. The maximum Gasteiger partial charge on any atom is 0.265 e. The Hall–Kier alpha value is -1.73. The normalized spacial score (nSPS) is 12.2. The number of carbonyl (C=O) groups is 1. The van der Waals surface area contributed by atoms with E-state index in [2.05, 4.69) is 10.3 Å². The average molecular weight is 417 g/mol. The van der Waals surface area contributed by atoms with E-state index >= 15 is 0 Å². The number of anilines is 2. The Morgan fingerprint density at radius 3 is 2.72 bits per heavy atom. The molecule has 0 radical (unpaired) electrons. The number of amides is 1. The van der Waals surface area contributed by atoms with Crippen molar-refractivity contribution in [2.45, 2.75) is 13.0 Å². The van der Waals surface area contributed by atoms with Crippen LogP contribution in [0.5, 0.6) is 5.75 Å². The predicted molar refractivity (Wildman–Crippen MR) is 104 cm³/mol. The van der Waals surface area contributed by atoms with Crippen LogP contribution < -0.4 is 15.8 Å². The number of hydrogen-bond donors (Lipinski definition) is 2. The molecule has 9 heteroatoms. The summed E-state index contributed by atoms with van der Waals surface area (Å²) in [5, 5.41) is 4.40. The van der Waals surface area contributed by atoms with Gasteiger partial charge in [-0.1, -0.05) is 46.1 Å². The van der Waals surface area contributed by atoms with Crippen LogP contribution in [-0.2, 0) is 4.79 Å². The maximum absolute atomic E-state index is 12.4. The molecule has 1 amide bonds. The van der Waals surface area contributed by atoms with Crippen molar-refractivity contribution in [2.75, 3.05) is 11.1 Å². The second kappa shape index (κ2) is 7.25. The van der Waals surface area contributed by atoms with Gasteiger partial charge in [0.05, 0.1) is 14.7 Å². The number of thiazole rings is 1. The molecule has 1 aromatic heterocycles. The van der Waals surface area contributed by atoms with Crippen LogP contribution in [0, 0.1) is 0 Å². The van der Waals surface area contributed by atoms with E-state index in [-0.39, 0.29) is 5.91 Å². The molecular weight excluding hydrogens is 405 g/mol. The van der Waals surface area contributed by atoms with Gasteiger partial charge in [-0.2, -0.15) is 0 Å². The number of nitrogens with one attached hydrogen (secondary N) is 1. The van der Waals surface area contributed by atoms with E-state index in [1.54, 1.807) is 37.3 Å². The molecule has 3 N–H and O–H groups in total. The largest absolute Gasteiger partial charge is 0.479 e. The molecule has 1 atom stereocenters. The molecule has 0 fully saturated rings. The number of aromatic nitrogens is 1. The van der Waals surface area contributed by atoms with Crippen LogP contribution in [0.25, 0.3) is 10.2 Å². The summed E-state index contributed by atoms with van der Waals surface area (Å²) in [6.45, 7) is 1.62. The molecule has 3 aromatic rings. The minimum atomic E-state index is -0.778. The van der Waals surface area contributed by atoms with Gasteiger partial charge in [0.15, 0.2) is 11.2 Å². The highest BCUT2D eigenvalue weighted by Crippen LogP contribution is 2.33. The second-order valence-corrected chi connectivity index (χ2v) is 7.49. The number of nitrogen functional groups attached to an aromatic ring is 1. The molecule has 0 aliphatic carbocycles. The number of ether oxygens (including phenoxy) is 1. The minimum absolute atomic E-state index is 0.330. The third-order valence-corrected chi connectivity index (χ3v) is 4.95. The predicted octanol–water partition coefficient (Wildman–Crippen LogP) is 5.24. The zero-order valence-corrected chi connectivity index (χ0v) is 15.9. The van der Waals surface area contributed by atoms with E-state index < -0.39 is 6.10 Å². The number of hydrogen-bond acceptors (Lipinski definition) is 5. The third-order valence-electron chi connectivity index (χ3n) is 3.30. The van der Waals surface area contributed by atoms with Crippen molar-refractivity contribution in [3.8, 4) is 5.75 Å². The fourth-order valence-electron chi connectivity index (χ4n) is 2.14. The lowest BCUT2D eigenvalue weighted by Gasteiger charge is -2.16. The molecule has 130 valence electrons. The fraction of sp³-hybridized carbons (Fsp3) is 0.125. The van der Waals surface area contributed by atoms with Gasteiger partial charge in [0.25, 0.3) is 5.91 Å². The van der Waals surface area contributed by atoms with Crippen molar-refractivity contribution in [1.82, 2.24) is 4.98 Å². The lowest BCUT2D eigenvalue weighted by Crippen LogP contribution is -2.30. The first kappa shape index (κ1) is 18.1. The average Bonchev–Trinajstić information content (AvgIpc) is 2.91. The molecule has 2 aromatic carbocycles. The van der Waals surface area contributed by atoms with Crippen molar-refractivity contribution in [2.24, 2.45) is 0 Å². The van der Waals surface area contributed by atoms with E-state index in [1.807, 2.05) is 0 Å². The van der Waals surface area contributed by atoms with E-state index in [0.29, 0.717) is 37.2 Å². The highest BCUT2D eigenvalue weighted by molar-refractivity contribution is 7.22. The summed E-state index contributed by atoms with van der Waals surface area (Å²) < 4.78 is 6.38. The monoisotopic (exact) mass is 415 g/mol. The lowest BCUT2D eigenvalue weighted by atomic mass is 10.2. The third kappa shape index (κ3) is 4.10. The van der Waals surface area contributed by atoms with Gasteiger partial charge in [0, 0.05) is 10.7 Å². The molecule has 1 unspecified atom stereocenters. The number of fused-ring (bicyclic) bond motifs is 1. The number of rotatable bonds is 4. The van der Waals surface area contributed by atoms with Gasteiger partial charge in [-0.05, 0) is 37.3 Å². The zero-order valence-electron chi connectivity index (χ0n) is 12.8. The van der Waals surface area contributed by atoms with Gasteiger partial charge in [-0.25, -0.2) is 4.98 Å². The van der Waals surface area contributed by atoms with E-state index in [1.165, 1.54) is 11.3 Å². The second-order valence-electron chi connectivity index (χ2n) is 5.18. The lowest BCUT2D eigenvalue weighted by molar-refractivity contribution is -0.122. The first-order chi connectivity index (χ1) is 11.8. The Bertz CT molecular complexity index is 961. The van der Waals surface area contributed by atoms with Crippen molar-refractivity contribution in [3.05, 3.63) is 45.4 Å². The molecule has 25 heavy (non-hydrogen) atoms. The van der Waals surface area contributed by atoms with Crippen molar-refractivity contribution in [1.29, 1.82) is 0 Å². The van der Waals surface area contributed by atoms with Crippen LogP contribution in [0.15, 0.2) is 30.3 Å². The van der Waals surface area contributed by atoms with E-state index in [0.717, 1.165) is 4.70 Å². The van der Waals surface area contributed by atoms with Crippen LogP contribution in [0.3, 0.4) is 0 Å². The van der Waals surface area contributed by atoms with E-state index in [9.17, 15) is 4.79 Å². The number of nitrogens with two attached hydrogens (primary N) is 1. The molecule has 5 nitrogen and oxygen atoms in total. The van der Waals surface area contributed by atoms with Crippen LogP contribution in [0.4, 0.5) is 10.8 Å². The first-order valence-electron chi connectivity index (χ1n) is 7.11. The fourth-order valence-corrected chi connectivity index (χ4v) is 3.71. The van der Waals surface area contributed by atoms with Gasteiger partial charge in [0.1, 0.15) is 11.3 Å². The van der Waals surface area contributed by atoms with Crippen LogP contribution in [-0.4, -0.2) is 17.0 Å². The molecule has 1 heterocycles. The Morgan fingerprint density at radius 2 is 2.00 bits per heavy atom. The minimum Gasteiger partial charge on any atom is -0.479 e.